The standard InChI is InChI=1S/C37H40ClN3O4S/c1-27-15-21-34(22-16-27)46(44,45)41(33-19-17-31(38)18-20-33)26-36(42)40(25-30-12-8-9-28(2)23-30)35(24-29-10-4-3-5-11-29)37(43)39-32-13-6-7-14-32/h3-5,8-12,15-23,32,35H,6-7,13-14,24-26H2,1-2H3,(H,39,43)/t35-/m0/s1. The smallest absolute Gasteiger partial charge is 0.264 e. The lowest BCUT2D eigenvalue weighted by molar-refractivity contribution is -0.140. The number of carbonyl (C=O) groups is 2. The van der Waals surface area contributed by atoms with Crippen LogP contribution in [-0.2, 0) is 32.6 Å². The Morgan fingerprint density at radius 2 is 1.48 bits per heavy atom. The molecule has 0 aromatic heterocycles. The number of anilines is 1. The van der Waals surface area contributed by atoms with Crippen LogP contribution >= 0.6 is 11.6 Å². The first kappa shape index (κ1) is 33.2. The van der Waals surface area contributed by atoms with E-state index in [1.807, 2.05) is 68.4 Å². The van der Waals surface area contributed by atoms with Crippen molar-refractivity contribution in [3.63, 3.8) is 0 Å². The van der Waals surface area contributed by atoms with E-state index in [0.29, 0.717) is 10.7 Å². The molecule has 0 spiro atoms. The summed E-state index contributed by atoms with van der Waals surface area (Å²) in [6.07, 6.45) is 4.17. The number of rotatable bonds is 12. The minimum atomic E-state index is -4.17. The fraction of sp³-hybridized carbons (Fsp3) is 0.297. The van der Waals surface area contributed by atoms with E-state index in [1.165, 1.54) is 12.1 Å². The number of hydrogen-bond donors (Lipinski definition) is 1. The molecular formula is C37H40ClN3O4S. The minimum Gasteiger partial charge on any atom is -0.352 e. The van der Waals surface area contributed by atoms with Crippen LogP contribution in [0.15, 0.2) is 108 Å². The SMILES string of the molecule is Cc1ccc(S(=O)(=O)N(CC(=O)N(Cc2cccc(C)c2)[C@@H](Cc2ccccc2)C(=O)NC2CCCC2)c2ccc(Cl)cc2)cc1. The van der Waals surface area contributed by atoms with Gasteiger partial charge in [-0.2, -0.15) is 0 Å². The summed E-state index contributed by atoms with van der Waals surface area (Å²) < 4.78 is 29.4. The maximum atomic E-state index is 14.6. The van der Waals surface area contributed by atoms with Gasteiger partial charge in [-0.1, -0.05) is 102 Å². The highest BCUT2D eigenvalue weighted by Crippen LogP contribution is 2.27. The van der Waals surface area contributed by atoms with Gasteiger partial charge in [0.1, 0.15) is 12.6 Å². The van der Waals surface area contributed by atoms with Gasteiger partial charge in [0, 0.05) is 24.0 Å². The lowest BCUT2D eigenvalue weighted by Gasteiger charge is -2.34. The third-order valence-electron chi connectivity index (χ3n) is 8.41. The first-order valence-electron chi connectivity index (χ1n) is 15.6. The molecule has 0 unspecified atom stereocenters. The average molecular weight is 658 g/mol. The molecule has 0 saturated heterocycles. The molecule has 0 radical (unpaired) electrons. The number of amides is 2. The van der Waals surface area contributed by atoms with Gasteiger partial charge >= 0.3 is 0 Å². The first-order valence-corrected chi connectivity index (χ1v) is 17.5. The van der Waals surface area contributed by atoms with Crippen molar-refractivity contribution in [2.24, 2.45) is 0 Å². The summed E-state index contributed by atoms with van der Waals surface area (Å²) in [4.78, 5) is 30.3. The summed E-state index contributed by atoms with van der Waals surface area (Å²) in [7, 11) is -4.17. The van der Waals surface area contributed by atoms with Crippen molar-refractivity contribution in [3.05, 3.63) is 130 Å². The van der Waals surface area contributed by atoms with Crippen LogP contribution in [-0.4, -0.2) is 43.8 Å². The Bertz CT molecular complexity index is 1740. The fourth-order valence-corrected chi connectivity index (χ4v) is 7.44. The Balaban J connectivity index is 1.56. The van der Waals surface area contributed by atoms with Gasteiger partial charge in [-0.15, -0.1) is 0 Å². The molecule has 1 atom stereocenters. The van der Waals surface area contributed by atoms with Crippen LogP contribution < -0.4 is 9.62 Å². The van der Waals surface area contributed by atoms with E-state index < -0.39 is 28.5 Å². The highest BCUT2D eigenvalue weighted by Gasteiger charge is 2.35. The molecule has 4 aromatic rings. The van der Waals surface area contributed by atoms with Crippen molar-refractivity contribution in [1.82, 2.24) is 10.2 Å². The molecule has 1 saturated carbocycles. The number of carbonyl (C=O) groups excluding carboxylic acids is 2. The Morgan fingerprint density at radius 3 is 2.13 bits per heavy atom. The van der Waals surface area contributed by atoms with Crippen LogP contribution in [0.1, 0.15) is 47.9 Å². The predicted molar refractivity (Wildman–Crippen MR) is 183 cm³/mol. The topological polar surface area (TPSA) is 86.8 Å². The van der Waals surface area contributed by atoms with Gasteiger partial charge in [0.25, 0.3) is 10.0 Å². The highest BCUT2D eigenvalue weighted by atomic mass is 35.5. The van der Waals surface area contributed by atoms with Crippen molar-refractivity contribution in [3.8, 4) is 0 Å². The maximum Gasteiger partial charge on any atom is 0.264 e. The van der Waals surface area contributed by atoms with Crippen LogP contribution in [0, 0.1) is 13.8 Å². The van der Waals surface area contributed by atoms with Gasteiger partial charge < -0.3 is 10.2 Å². The third-order valence-corrected chi connectivity index (χ3v) is 10.5. The number of nitrogens with one attached hydrogen (secondary N) is 1. The molecule has 9 heteroatoms. The van der Waals surface area contributed by atoms with E-state index in [-0.39, 0.29) is 29.8 Å². The van der Waals surface area contributed by atoms with Gasteiger partial charge in [-0.3, -0.25) is 13.9 Å². The van der Waals surface area contributed by atoms with Crippen molar-refractivity contribution in [1.29, 1.82) is 0 Å². The zero-order valence-corrected chi connectivity index (χ0v) is 27.8. The first-order chi connectivity index (χ1) is 22.1. The molecule has 1 N–H and O–H groups in total. The van der Waals surface area contributed by atoms with Crippen LogP contribution in [0.3, 0.4) is 0 Å². The largest absolute Gasteiger partial charge is 0.352 e. The molecule has 240 valence electrons. The Morgan fingerprint density at radius 1 is 0.826 bits per heavy atom. The number of sulfonamides is 1. The van der Waals surface area contributed by atoms with Gasteiger partial charge in [-0.25, -0.2) is 8.42 Å². The lowest BCUT2D eigenvalue weighted by atomic mass is 10.0. The number of aryl methyl sites for hydroxylation is 2. The molecule has 2 amide bonds. The molecule has 7 nitrogen and oxygen atoms in total. The molecule has 1 fully saturated rings. The monoisotopic (exact) mass is 657 g/mol. The average Bonchev–Trinajstić information content (AvgIpc) is 3.55. The van der Waals surface area contributed by atoms with E-state index >= 15 is 0 Å². The minimum absolute atomic E-state index is 0.0502. The second kappa shape index (κ2) is 15.0. The van der Waals surface area contributed by atoms with Crippen LogP contribution in [0.5, 0.6) is 0 Å². The predicted octanol–water partition coefficient (Wildman–Crippen LogP) is 6.85. The fourth-order valence-electron chi connectivity index (χ4n) is 5.90. The Labute approximate surface area is 277 Å². The van der Waals surface area contributed by atoms with Crippen LogP contribution in [0.4, 0.5) is 5.69 Å². The molecule has 1 aliphatic carbocycles. The van der Waals surface area contributed by atoms with E-state index in [0.717, 1.165) is 52.2 Å². The molecule has 1 aliphatic rings. The normalized spacial score (nSPS) is 14.1. The van der Waals surface area contributed by atoms with Crippen molar-refractivity contribution >= 4 is 39.1 Å². The van der Waals surface area contributed by atoms with Crippen molar-refractivity contribution in [2.45, 2.75) is 69.5 Å². The number of hydrogen-bond acceptors (Lipinski definition) is 4. The second-order valence-electron chi connectivity index (χ2n) is 12.0. The van der Waals surface area contributed by atoms with Gasteiger partial charge in [0.05, 0.1) is 10.6 Å². The molecule has 5 rings (SSSR count). The van der Waals surface area contributed by atoms with Crippen LogP contribution in [0.25, 0.3) is 0 Å². The zero-order valence-electron chi connectivity index (χ0n) is 26.2. The number of halogens is 1. The van der Waals surface area contributed by atoms with E-state index in [9.17, 15) is 18.0 Å². The molecule has 0 aliphatic heterocycles. The summed E-state index contributed by atoms with van der Waals surface area (Å²) in [6, 6.07) is 29.4. The van der Waals surface area contributed by atoms with Gasteiger partial charge in [0.2, 0.25) is 11.8 Å². The summed E-state index contributed by atoms with van der Waals surface area (Å²) in [5, 5.41) is 3.65. The van der Waals surface area contributed by atoms with Crippen molar-refractivity contribution in [2.75, 3.05) is 10.8 Å². The van der Waals surface area contributed by atoms with E-state index in [1.54, 1.807) is 41.3 Å². The maximum absolute atomic E-state index is 14.6. The second-order valence-corrected chi connectivity index (χ2v) is 14.3. The molecular weight excluding hydrogens is 618 g/mol. The van der Waals surface area contributed by atoms with E-state index in [4.69, 9.17) is 11.6 Å². The summed E-state index contributed by atoms with van der Waals surface area (Å²) in [6.45, 7) is 3.48. The van der Waals surface area contributed by atoms with Crippen LogP contribution in [0.2, 0.25) is 5.02 Å². The molecule has 0 bridgehead atoms. The summed E-state index contributed by atoms with van der Waals surface area (Å²) in [5.41, 5.74) is 3.97. The Kier molecular flexibility index (Phi) is 10.8. The number of nitrogens with zero attached hydrogens (tertiary/aromatic N) is 2. The Hall–Kier alpha value is -4.14. The molecule has 4 aromatic carbocycles. The van der Waals surface area contributed by atoms with Gasteiger partial charge in [0.15, 0.2) is 0 Å². The third kappa shape index (κ3) is 8.36. The lowest BCUT2D eigenvalue weighted by Crippen LogP contribution is -2.54. The number of benzene rings is 4. The summed E-state index contributed by atoms with van der Waals surface area (Å²) in [5.74, 6) is -0.731. The van der Waals surface area contributed by atoms with Gasteiger partial charge in [-0.05, 0) is 74.2 Å². The zero-order chi connectivity index (χ0) is 32.7. The molecule has 0 heterocycles. The highest BCUT2D eigenvalue weighted by molar-refractivity contribution is 7.92. The quantitative estimate of drug-likeness (QED) is 0.181. The van der Waals surface area contributed by atoms with Crippen molar-refractivity contribution < 1.29 is 18.0 Å². The summed E-state index contributed by atoms with van der Waals surface area (Å²) >= 11 is 6.16. The molecule has 46 heavy (non-hydrogen) atoms. The van der Waals surface area contributed by atoms with E-state index in [2.05, 4.69) is 5.32 Å².